The molecule has 0 aliphatic rings. The minimum absolute atomic E-state index is 0.0996. The van der Waals surface area contributed by atoms with Crippen LogP contribution < -0.4 is 20.6 Å². The Morgan fingerprint density at radius 3 is 2.63 bits per heavy atom. The Morgan fingerprint density at radius 1 is 1.22 bits per heavy atom. The maximum atomic E-state index is 12.8. The molecule has 3 rings (SSSR count). The van der Waals surface area contributed by atoms with Crippen LogP contribution in [0.2, 0.25) is 0 Å². The van der Waals surface area contributed by atoms with Gasteiger partial charge >= 0.3 is 0 Å². The van der Waals surface area contributed by atoms with Gasteiger partial charge < -0.3 is 15.2 Å². The third-order valence-electron chi connectivity index (χ3n) is 3.79. The lowest BCUT2D eigenvalue weighted by atomic mass is 10.1. The van der Waals surface area contributed by atoms with Gasteiger partial charge in [0.1, 0.15) is 18.0 Å². The molecule has 2 aromatic heterocycles. The smallest absolute Gasteiger partial charge is 0.240 e. The summed E-state index contributed by atoms with van der Waals surface area (Å²) in [4.78, 5) is 16.7. The van der Waals surface area contributed by atoms with Crippen molar-refractivity contribution in [1.29, 1.82) is 0 Å². The second kappa shape index (κ2) is 7.87. The zero-order valence-electron chi connectivity index (χ0n) is 14.7. The summed E-state index contributed by atoms with van der Waals surface area (Å²) in [6.07, 6.45) is 3.26. The predicted molar refractivity (Wildman–Crippen MR) is 103 cm³/mol. The van der Waals surface area contributed by atoms with E-state index in [-0.39, 0.29) is 23.0 Å². The quantitative estimate of drug-likeness (QED) is 0.470. The standard InChI is InChI=1S/C17H18N6O3S/c1-25-12-3-4-15(26-2)13(9-12)14(24)10-22-17(27)23(16(18)21-22)20-11-5-7-19-8-6-11/h3-9H,10H2,1-2H3,(H2,18,21)(H,19,20). The number of benzene rings is 1. The molecule has 2 heterocycles. The highest BCUT2D eigenvalue weighted by Crippen LogP contribution is 2.25. The Hall–Kier alpha value is -3.40. The monoisotopic (exact) mass is 386 g/mol. The maximum absolute atomic E-state index is 12.8. The zero-order chi connectivity index (χ0) is 19.4. The number of ether oxygens (including phenoxy) is 2. The fourth-order valence-corrected chi connectivity index (χ4v) is 2.69. The third-order valence-corrected chi connectivity index (χ3v) is 4.18. The molecule has 0 fully saturated rings. The molecule has 1 aromatic carbocycles. The van der Waals surface area contributed by atoms with Crippen LogP contribution in [0, 0.1) is 4.77 Å². The van der Waals surface area contributed by atoms with Gasteiger partial charge in [0.15, 0.2) is 5.78 Å². The summed E-state index contributed by atoms with van der Waals surface area (Å²) in [6.45, 7) is -0.0996. The number of hydrogen-bond donors (Lipinski definition) is 2. The lowest BCUT2D eigenvalue weighted by Gasteiger charge is -2.10. The SMILES string of the molecule is COc1ccc(OC)c(C(=O)Cn2nc(N)n(Nc3ccncc3)c2=S)c1. The Bertz CT molecular complexity index is 1020. The summed E-state index contributed by atoms with van der Waals surface area (Å²) >= 11 is 5.39. The van der Waals surface area contributed by atoms with Crippen LogP contribution in [-0.4, -0.2) is 39.4 Å². The second-order valence-electron chi connectivity index (χ2n) is 5.47. The Balaban J connectivity index is 1.87. The fraction of sp³-hybridized carbons (Fsp3) is 0.176. The first-order valence-electron chi connectivity index (χ1n) is 7.91. The lowest BCUT2D eigenvalue weighted by molar-refractivity contribution is 0.0963. The van der Waals surface area contributed by atoms with E-state index in [0.29, 0.717) is 17.1 Å². The molecule has 3 N–H and O–H groups in total. The lowest BCUT2D eigenvalue weighted by Crippen LogP contribution is -2.15. The van der Waals surface area contributed by atoms with Crippen molar-refractivity contribution in [2.75, 3.05) is 25.4 Å². The first-order valence-corrected chi connectivity index (χ1v) is 8.32. The van der Waals surface area contributed by atoms with Crippen LogP contribution in [0.15, 0.2) is 42.7 Å². The van der Waals surface area contributed by atoms with Crippen LogP contribution in [0.3, 0.4) is 0 Å². The summed E-state index contributed by atoms with van der Waals surface area (Å²) in [5.74, 6) is 0.874. The number of rotatable bonds is 7. The summed E-state index contributed by atoms with van der Waals surface area (Å²) < 4.78 is 13.5. The first-order chi connectivity index (χ1) is 13.0. The van der Waals surface area contributed by atoms with Gasteiger partial charge in [0.25, 0.3) is 0 Å². The summed E-state index contributed by atoms with van der Waals surface area (Å²) in [5, 5.41) is 4.15. The van der Waals surface area contributed by atoms with Crippen molar-refractivity contribution in [3.8, 4) is 11.5 Å². The van der Waals surface area contributed by atoms with E-state index in [9.17, 15) is 4.79 Å². The molecule has 0 atom stereocenters. The molecule has 0 saturated heterocycles. The van der Waals surface area contributed by atoms with Gasteiger partial charge in [-0.15, -0.1) is 5.10 Å². The second-order valence-corrected chi connectivity index (χ2v) is 5.84. The Morgan fingerprint density at radius 2 is 1.96 bits per heavy atom. The number of aromatic nitrogens is 4. The molecule has 0 amide bonds. The van der Waals surface area contributed by atoms with Crippen molar-refractivity contribution in [2.24, 2.45) is 0 Å². The number of nitrogens with two attached hydrogens (primary N) is 1. The topological polar surface area (TPSA) is 109 Å². The molecule has 0 spiro atoms. The molecule has 0 radical (unpaired) electrons. The first kappa shape index (κ1) is 18.4. The number of anilines is 2. The minimum Gasteiger partial charge on any atom is -0.497 e. The van der Waals surface area contributed by atoms with Crippen molar-refractivity contribution in [1.82, 2.24) is 19.4 Å². The van der Waals surface area contributed by atoms with E-state index in [1.807, 2.05) is 0 Å². The van der Waals surface area contributed by atoms with Gasteiger partial charge in [-0.1, -0.05) is 0 Å². The van der Waals surface area contributed by atoms with Crippen LogP contribution in [0.4, 0.5) is 11.6 Å². The minimum atomic E-state index is -0.240. The van der Waals surface area contributed by atoms with E-state index in [2.05, 4.69) is 15.5 Å². The molecule has 10 heteroatoms. The summed E-state index contributed by atoms with van der Waals surface area (Å²) in [7, 11) is 3.02. The average molecular weight is 386 g/mol. The number of carbonyl (C=O) groups excluding carboxylic acids is 1. The number of carbonyl (C=O) groups is 1. The number of nitrogens with zero attached hydrogens (tertiary/aromatic N) is 4. The van der Waals surface area contributed by atoms with Crippen molar-refractivity contribution < 1.29 is 14.3 Å². The van der Waals surface area contributed by atoms with Gasteiger partial charge in [0, 0.05) is 12.4 Å². The van der Waals surface area contributed by atoms with Gasteiger partial charge in [0.2, 0.25) is 10.7 Å². The maximum Gasteiger partial charge on any atom is 0.240 e. The number of ketones is 1. The highest BCUT2D eigenvalue weighted by molar-refractivity contribution is 7.71. The fourth-order valence-electron chi connectivity index (χ4n) is 2.44. The zero-order valence-corrected chi connectivity index (χ0v) is 15.6. The van der Waals surface area contributed by atoms with Crippen LogP contribution in [0.25, 0.3) is 0 Å². The van der Waals surface area contributed by atoms with Crippen LogP contribution in [0.5, 0.6) is 11.5 Å². The van der Waals surface area contributed by atoms with Crippen LogP contribution >= 0.6 is 12.2 Å². The summed E-state index contributed by atoms with van der Waals surface area (Å²) in [5.41, 5.74) is 10.1. The number of methoxy groups -OCH3 is 2. The third kappa shape index (κ3) is 3.90. The molecule has 0 aliphatic carbocycles. The number of Topliss-reactive ketones (excluding diaryl/α,β-unsaturated/α-hetero) is 1. The van der Waals surface area contributed by atoms with E-state index in [1.54, 1.807) is 42.7 Å². The molecule has 0 unspecified atom stereocenters. The van der Waals surface area contributed by atoms with Crippen molar-refractivity contribution >= 4 is 29.6 Å². The molecular formula is C17H18N6O3S. The Labute approximate surface area is 160 Å². The average Bonchev–Trinajstić information content (AvgIpc) is 2.95. The van der Waals surface area contributed by atoms with Crippen LogP contribution in [-0.2, 0) is 6.54 Å². The van der Waals surface area contributed by atoms with Crippen molar-refractivity contribution in [2.45, 2.75) is 6.54 Å². The largest absolute Gasteiger partial charge is 0.497 e. The Kier molecular flexibility index (Phi) is 5.36. The molecule has 0 saturated carbocycles. The number of nitrogen functional groups attached to an aromatic ring is 1. The molecule has 27 heavy (non-hydrogen) atoms. The normalized spacial score (nSPS) is 10.4. The van der Waals surface area contributed by atoms with Gasteiger partial charge in [-0.3, -0.25) is 15.2 Å². The predicted octanol–water partition coefficient (Wildman–Crippen LogP) is 2.17. The molecule has 140 valence electrons. The van der Waals surface area contributed by atoms with Gasteiger partial charge in [-0.2, -0.15) is 4.68 Å². The molecule has 3 aromatic rings. The molecular weight excluding hydrogens is 368 g/mol. The number of pyridine rings is 1. The van der Waals surface area contributed by atoms with Crippen molar-refractivity contribution in [3.63, 3.8) is 0 Å². The van der Waals surface area contributed by atoms with E-state index in [0.717, 1.165) is 5.69 Å². The van der Waals surface area contributed by atoms with E-state index in [1.165, 1.54) is 23.6 Å². The van der Waals surface area contributed by atoms with Gasteiger partial charge in [0.05, 0.1) is 25.5 Å². The number of hydrogen-bond acceptors (Lipinski definition) is 8. The van der Waals surface area contributed by atoms with Crippen molar-refractivity contribution in [3.05, 3.63) is 53.1 Å². The number of nitrogens with one attached hydrogen (secondary N) is 1. The van der Waals surface area contributed by atoms with Gasteiger partial charge in [-0.05, 0) is 42.5 Å². The highest BCUT2D eigenvalue weighted by atomic mass is 32.1. The highest BCUT2D eigenvalue weighted by Gasteiger charge is 2.17. The van der Waals surface area contributed by atoms with E-state index in [4.69, 9.17) is 27.4 Å². The molecule has 9 nitrogen and oxygen atoms in total. The summed E-state index contributed by atoms with van der Waals surface area (Å²) in [6, 6.07) is 8.51. The molecule has 0 aliphatic heterocycles. The van der Waals surface area contributed by atoms with Gasteiger partial charge in [-0.25, -0.2) is 4.68 Å². The molecule has 0 bridgehead atoms. The van der Waals surface area contributed by atoms with E-state index >= 15 is 0 Å². The van der Waals surface area contributed by atoms with E-state index < -0.39 is 0 Å². The van der Waals surface area contributed by atoms with Crippen LogP contribution in [0.1, 0.15) is 10.4 Å².